The Labute approximate surface area is 121 Å². The van der Waals surface area contributed by atoms with E-state index in [4.69, 9.17) is 0 Å². The van der Waals surface area contributed by atoms with Crippen molar-refractivity contribution in [1.29, 1.82) is 0 Å². The number of rotatable bonds is 6. The van der Waals surface area contributed by atoms with Gasteiger partial charge in [-0.2, -0.15) is 13.2 Å². The van der Waals surface area contributed by atoms with Gasteiger partial charge < -0.3 is 16.0 Å². The lowest BCUT2D eigenvalue weighted by atomic mass is 10.2. The SMILES string of the molecule is CNc1cc(C(F)(F)F)cc(NCCC(=O)NC(C)C)n1. The van der Waals surface area contributed by atoms with Crippen LogP contribution >= 0.6 is 0 Å². The van der Waals surface area contributed by atoms with Crippen LogP contribution in [0, 0.1) is 0 Å². The van der Waals surface area contributed by atoms with Crippen molar-refractivity contribution in [1.82, 2.24) is 10.3 Å². The van der Waals surface area contributed by atoms with Crippen molar-refractivity contribution in [2.45, 2.75) is 32.5 Å². The highest BCUT2D eigenvalue weighted by molar-refractivity contribution is 5.76. The summed E-state index contributed by atoms with van der Waals surface area (Å²) in [6, 6.07) is 1.87. The minimum atomic E-state index is -4.44. The Morgan fingerprint density at radius 3 is 2.43 bits per heavy atom. The summed E-state index contributed by atoms with van der Waals surface area (Å²) >= 11 is 0. The molecule has 0 spiro atoms. The molecule has 0 aliphatic carbocycles. The Hall–Kier alpha value is -1.99. The van der Waals surface area contributed by atoms with E-state index in [0.717, 1.165) is 12.1 Å². The zero-order valence-corrected chi connectivity index (χ0v) is 12.1. The van der Waals surface area contributed by atoms with E-state index in [1.54, 1.807) is 0 Å². The first-order valence-corrected chi connectivity index (χ1v) is 6.52. The zero-order chi connectivity index (χ0) is 16.0. The van der Waals surface area contributed by atoms with Crippen molar-refractivity contribution in [3.05, 3.63) is 17.7 Å². The largest absolute Gasteiger partial charge is 0.416 e. The molecule has 0 fully saturated rings. The average molecular weight is 304 g/mol. The fourth-order valence-corrected chi connectivity index (χ4v) is 1.61. The van der Waals surface area contributed by atoms with Gasteiger partial charge in [0.1, 0.15) is 11.6 Å². The number of alkyl halides is 3. The molecule has 118 valence electrons. The Bertz CT molecular complexity index is 489. The summed E-state index contributed by atoms with van der Waals surface area (Å²) in [4.78, 5) is 15.4. The lowest BCUT2D eigenvalue weighted by molar-refractivity contribution is -0.137. The summed E-state index contributed by atoms with van der Waals surface area (Å²) in [5.74, 6) is 0.0174. The van der Waals surface area contributed by atoms with E-state index in [2.05, 4.69) is 20.9 Å². The van der Waals surface area contributed by atoms with Crippen LogP contribution in [0.3, 0.4) is 0 Å². The van der Waals surface area contributed by atoms with E-state index < -0.39 is 11.7 Å². The van der Waals surface area contributed by atoms with Crippen LogP contribution in [0.15, 0.2) is 12.1 Å². The monoisotopic (exact) mass is 304 g/mol. The average Bonchev–Trinajstić information content (AvgIpc) is 2.36. The van der Waals surface area contributed by atoms with Gasteiger partial charge in [-0.05, 0) is 26.0 Å². The summed E-state index contributed by atoms with van der Waals surface area (Å²) in [6.45, 7) is 3.87. The molecular weight excluding hydrogens is 285 g/mol. The number of aromatic nitrogens is 1. The van der Waals surface area contributed by atoms with Gasteiger partial charge in [0.25, 0.3) is 0 Å². The van der Waals surface area contributed by atoms with Gasteiger partial charge in [-0.15, -0.1) is 0 Å². The van der Waals surface area contributed by atoms with Gasteiger partial charge in [0.05, 0.1) is 5.56 Å². The molecule has 8 heteroatoms. The van der Waals surface area contributed by atoms with Crippen molar-refractivity contribution in [2.24, 2.45) is 0 Å². The lowest BCUT2D eigenvalue weighted by Gasteiger charge is -2.13. The number of nitrogens with one attached hydrogen (secondary N) is 3. The molecule has 3 N–H and O–H groups in total. The number of nitrogens with zero attached hydrogens (tertiary/aromatic N) is 1. The Kier molecular flexibility index (Phi) is 5.80. The van der Waals surface area contributed by atoms with Crippen LogP contribution in [0.2, 0.25) is 0 Å². The minimum Gasteiger partial charge on any atom is -0.373 e. The van der Waals surface area contributed by atoms with E-state index in [-0.39, 0.29) is 36.6 Å². The first kappa shape index (κ1) is 17.1. The molecule has 1 aromatic rings. The third kappa shape index (κ3) is 5.88. The smallest absolute Gasteiger partial charge is 0.373 e. The fraction of sp³-hybridized carbons (Fsp3) is 0.538. The molecule has 1 rings (SSSR count). The predicted octanol–water partition coefficient (Wildman–Crippen LogP) is 2.47. The third-order valence-corrected chi connectivity index (χ3v) is 2.52. The summed E-state index contributed by atoms with van der Waals surface area (Å²) in [7, 11) is 1.49. The first-order chi connectivity index (χ1) is 9.72. The summed E-state index contributed by atoms with van der Waals surface area (Å²) < 4.78 is 38.2. The molecule has 0 saturated carbocycles. The highest BCUT2D eigenvalue weighted by Crippen LogP contribution is 2.31. The van der Waals surface area contributed by atoms with Gasteiger partial charge in [-0.3, -0.25) is 4.79 Å². The van der Waals surface area contributed by atoms with Gasteiger partial charge >= 0.3 is 6.18 Å². The van der Waals surface area contributed by atoms with Crippen LogP contribution in [0.4, 0.5) is 24.8 Å². The van der Waals surface area contributed by atoms with Crippen molar-refractivity contribution in [3.8, 4) is 0 Å². The van der Waals surface area contributed by atoms with E-state index >= 15 is 0 Å². The minimum absolute atomic E-state index is 0.0278. The number of amides is 1. The molecule has 0 radical (unpaired) electrons. The summed E-state index contributed by atoms with van der Waals surface area (Å²) in [5, 5.41) is 7.99. The van der Waals surface area contributed by atoms with Gasteiger partial charge in [0, 0.05) is 26.1 Å². The van der Waals surface area contributed by atoms with Crippen molar-refractivity contribution in [3.63, 3.8) is 0 Å². The second kappa shape index (κ2) is 7.14. The van der Waals surface area contributed by atoms with Gasteiger partial charge in [0.2, 0.25) is 5.91 Å². The van der Waals surface area contributed by atoms with Crippen LogP contribution in [-0.2, 0) is 11.0 Å². The second-order valence-electron chi connectivity index (χ2n) is 4.77. The number of carbonyl (C=O) groups excluding carboxylic acids is 1. The second-order valence-corrected chi connectivity index (χ2v) is 4.77. The number of anilines is 2. The van der Waals surface area contributed by atoms with Crippen molar-refractivity contribution in [2.75, 3.05) is 24.2 Å². The molecule has 0 bridgehead atoms. The third-order valence-electron chi connectivity index (χ3n) is 2.52. The first-order valence-electron chi connectivity index (χ1n) is 6.52. The maximum Gasteiger partial charge on any atom is 0.416 e. The molecule has 1 amide bonds. The molecule has 0 aliphatic rings. The van der Waals surface area contributed by atoms with Crippen molar-refractivity contribution >= 4 is 17.5 Å². The van der Waals surface area contributed by atoms with Crippen LogP contribution in [0.5, 0.6) is 0 Å². The maximum atomic E-state index is 12.7. The Morgan fingerprint density at radius 1 is 1.29 bits per heavy atom. The molecule has 1 aromatic heterocycles. The van der Waals surface area contributed by atoms with Gasteiger partial charge in [-0.1, -0.05) is 0 Å². The molecular formula is C13H19F3N4O. The molecule has 0 saturated heterocycles. The van der Waals surface area contributed by atoms with E-state index in [9.17, 15) is 18.0 Å². The van der Waals surface area contributed by atoms with E-state index in [0.29, 0.717) is 0 Å². The Morgan fingerprint density at radius 2 is 1.90 bits per heavy atom. The molecule has 0 aromatic carbocycles. The summed E-state index contributed by atoms with van der Waals surface area (Å²) in [5.41, 5.74) is -0.795. The highest BCUT2D eigenvalue weighted by Gasteiger charge is 2.31. The topological polar surface area (TPSA) is 66.0 Å². The van der Waals surface area contributed by atoms with Crippen LogP contribution in [-0.4, -0.2) is 30.5 Å². The molecule has 5 nitrogen and oxygen atoms in total. The number of pyridine rings is 1. The van der Waals surface area contributed by atoms with Crippen molar-refractivity contribution < 1.29 is 18.0 Å². The lowest BCUT2D eigenvalue weighted by Crippen LogP contribution is -2.31. The van der Waals surface area contributed by atoms with Crippen LogP contribution in [0.25, 0.3) is 0 Å². The molecule has 0 unspecified atom stereocenters. The number of carbonyl (C=O) groups is 1. The van der Waals surface area contributed by atoms with Crippen LogP contribution < -0.4 is 16.0 Å². The molecule has 21 heavy (non-hydrogen) atoms. The van der Waals surface area contributed by atoms with E-state index in [1.807, 2.05) is 13.8 Å². The molecule has 0 atom stereocenters. The highest BCUT2D eigenvalue weighted by atomic mass is 19.4. The molecule has 0 aliphatic heterocycles. The summed E-state index contributed by atoms with van der Waals surface area (Å²) in [6.07, 6.45) is -4.29. The number of hydrogen-bond acceptors (Lipinski definition) is 4. The standard InChI is InChI=1S/C13H19F3N4O/c1-8(2)19-12(21)4-5-18-11-7-9(13(14,15)16)6-10(17-3)20-11/h6-8H,4-5H2,1-3H3,(H,19,21)(H2,17,18,20). The van der Waals surface area contributed by atoms with Gasteiger partial charge in [-0.25, -0.2) is 4.98 Å². The Balaban J connectivity index is 2.68. The van der Waals surface area contributed by atoms with E-state index in [1.165, 1.54) is 7.05 Å². The normalized spacial score (nSPS) is 11.4. The quantitative estimate of drug-likeness (QED) is 0.755. The number of halogens is 3. The fourth-order valence-electron chi connectivity index (χ4n) is 1.61. The van der Waals surface area contributed by atoms with Crippen LogP contribution in [0.1, 0.15) is 25.8 Å². The molecule has 1 heterocycles. The number of hydrogen-bond donors (Lipinski definition) is 3. The van der Waals surface area contributed by atoms with Gasteiger partial charge in [0.15, 0.2) is 0 Å². The predicted molar refractivity (Wildman–Crippen MR) is 75.2 cm³/mol. The maximum absolute atomic E-state index is 12.7. The zero-order valence-electron chi connectivity index (χ0n) is 12.1.